The number of alkyl halides is 6. The maximum Gasteiger partial charge on any atom is 0.416 e. The lowest BCUT2D eigenvalue weighted by Gasteiger charge is -2.18. The van der Waals surface area contributed by atoms with E-state index in [9.17, 15) is 39.9 Å². The Bertz CT molecular complexity index is 882. The molecule has 31 heavy (non-hydrogen) atoms. The lowest BCUT2D eigenvalue weighted by molar-refractivity contribution is -0.143. The Morgan fingerprint density at radius 3 is 1.97 bits per heavy atom. The monoisotopic (exact) mass is 456 g/mol. The van der Waals surface area contributed by atoms with Crippen molar-refractivity contribution in [1.82, 2.24) is 0 Å². The molecule has 2 nitrogen and oxygen atoms in total. The predicted octanol–water partition coefficient (Wildman–Crippen LogP) is 7.32. The third kappa shape index (κ3) is 7.22. The molecule has 0 aromatic heterocycles. The van der Waals surface area contributed by atoms with Gasteiger partial charge in [-0.15, -0.1) is 0 Å². The minimum Gasteiger partial charge on any atom is -0.466 e. The second kappa shape index (κ2) is 10.1. The summed E-state index contributed by atoms with van der Waals surface area (Å²) in [6, 6.07) is 1.24. The molecule has 1 aromatic rings. The zero-order chi connectivity index (χ0) is 24.1. The normalized spacial score (nSPS) is 13.7. The van der Waals surface area contributed by atoms with Crippen LogP contribution in [0.2, 0.25) is 0 Å². The topological polar surface area (TPSA) is 26.3 Å². The lowest BCUT2D eigenvalue weighted by Crippen LogP contribution is -2.11. The van der Waals surface area contributed by atoms with Crippen LogP contribution in [0.25, 0.3) is 5.57 Å². The molecule has 0 spiro atoms. The van der Waals surface area contributed by atoms with Gasteiger partial charge in [-0.3, -0.25) is 4.79 Å². The summed E-state index contributed by atoms with van der Waals surface area (Å²) in [6.45, 7) is 6.53. The summed E-state index contributed by atoms with van der Waals surface area (Å²) < 4.78 is 112. The largest absolute Gasteiger partial charge is 0.466 e. The number of aryl methyl sites for hydroxylation is 2. The zero-order valence-corrected chi connectivity index (χ0v) is 16.9. The number of rotatable bonds is 7. The molecule has 0 amide bonds. The van der Waals surface area contributed by atoms with Crippen LogP contribution in [0.1, 0.15) is 42.0 Å². The molecule has 0 aliphatic heterocycles. The van der Waals surface area contributed by atoms with E-state index < -0.39 is 59.5 Å². The van der Waals surface area contributed by atoms with Crippen molar-refractivity contribution in [3.05, 3.63) is 64.3 Å². The van der Waals surface area contributed by atoms with Crippen molar-refractivity contribution in [2.24, 2.45) is 0 Å². The van der Waals surface area contributed by atoms with Gasteiger partial charge < -0.3 is 4.74 Å². The van der Waals surface area contributed by atoms with E-state index in [1.165, 1.54) is 6.92 Å². The third-order valence-electron chi connectivity index (χ3n) is 4.14. The predicted molar refractivity (Wildman–Crippen MR) is 99.2 cm³/mol. The Hall–Kier alpha value is -2.65. The highest BCUT2D eigenvalue weighted by Crippen LogP contribution is 2.39. The van der Waals surface area contributed by atoms with Crippen molar-refractivity contribution in [2.75, 3.05) is 6.61 Å². The molecule has 0 unspecified atom stereocenters. The van der Waals surface area contributed by atoms with Crippen LogP contribution in [0.3, 0.4) is 0 Å². The summed E-state index contributed by atoms with van der Waals surface area (Å²) in [5.74, 6) is -4.13. The molecule has 0 saturated heterocycles. The Balaban J connectivity index is 3.61. The van der Waals surface area contributed by atoms with Gasteiger partial charge in [0.25, 0.3) is 0 Å². The van der Waals surface area contributed by atoms with Crippen LogP contribution in [-0.2, 0) is 15.7 Å². The van der Waals surface area contributed by atoms with Crippen molar-refractivity contribution >= 4 is 11.5 Å². The van der Waals surface area contributed by atoms with Gasteiger partial charge in [-0.1, -0.05) is 6.58 Å². The summed E-state index contributed by atoms with van der Waals surface area (Å²) in [5, 5.41) is 0. The molecule has 0 bridgehead atoms. The zero-order valence-electron chi connectivity index (χ0n) is 16.9. The van der Waals surface area contributed by atoms with E-state index in [0.717, 1.165) is 13.8 Å². The molecule has 0 heterocycles. The molecule has 0 saturated carbocycles. The van der Waals surface area contributed by atoms with Crippen molar-refractivity contribution in [3.8, 4) is 0 Å². The first-order valence-electron chi connectivity index (χ1n) is 8.96. The molecule has 172 valence electrons. The molecule has 0 aliphatic rings. The maximum atomic E-state index is 14.9. The maximum absolute atomic E-state index is 14.9. The van der Waals surface area contributed by atoms with E-state index in [-0.39, 0.29) is 29.4 Å². The molecule has 1 aromatic carbocycles. The first-order chi connectivity index (χ1) is 14.1. The number of hydrogen-bond donors (Lipinski definition) is 0. The fourth-order valence-electron chi connectivity index (χ4n) is 2.75. The number of halogens is 8. The molecule has 10 heteroatoms. The van der Waals surface area contributed by atoms with E-state index in [2.05, 4.69) is 11.3 Å². The molecule has 0 N–H and O–H groups in total. The smallest absolute Gasteiger partial charge is 0.416 e. The molecular formula is C21H20F8O2. The Morgan fingerprint density at radius 1 is 1.03 bits per heavy atom. The van der Waals surface area contributed by atoms with E-state index in [0.29, 0.717) is 12.1 Å². The van der Waals surface area contributed by atoms with Crippen molar-refractivity contribution in [2.45, 2.75) is 46.0 Å². The minimum absolute atomic E-state index is 0.00679. The number of carbonyl (C=O) groups is 1. The fraction of sp³-hybridized carbons (Fsp3) is 0.381. The lowest BCUT2D eigenvalue weighted by atomic mass is 9.90. The Kier molecular flexibility index (Phi) is 8.60. The van der Waals surface area contributed by atoms with Crippen LogP contribution < -0.4 is 0 Å². The second-order valence-corrected chi connectivity index (χ2v) is 6.59. The molecule has 0 fully saturated rings. The second-order valence-electron chi connectivity index (χ2n) is 6.59. The van der Waals surface area contributed by atoms with Gasteiger partial charge in [0.15, 0.2) is 5.83 Å². The number of ether oxygens (including phenoxy) is 1. The van der Waals surface area contributed by atoms with Crippen LogP contribution in [0.4, 0.5) is 35.1 Å². The van der Waals surface area contributed by atoms with E-state index in [1.54, 1.807) is 0 Å². The molecule has 1 rings (SSSR count). The van der Waals surface area contributed by atoms with Crippen molar-refractivity contribution in [3.63, 3.8) is 0 Å². The average Bonchev–Trinajstić information content (AvgIpc) is 2.62. The van der Waals surface area contributed by atoms with Crippen LogP contribution in [0.15, 0.2) is 42.0 Å². The van der Waals surface area contributed by atoms with Gasteiger partial charge in [0.05, 0.1) is 18.6 Å². The van der Waals surface area contributed by atoms with Crippen LogP contribution in [0.5, 0.6) is 0 Å². The van der Waals surface area contributed by atoms with Crippen LogP contribution >= 0.6 is 0 Å². The quantitative estimate of drug-likeness (QED) is 0.244. The summed E-state index contributed by atoms with van der Waals surface area (Å²) in [4.78, 5) is 11.3. The molecular weight excluding hydrogens is 436 g/mol. The van der Waals surface area contributed by atoms with E-state index in [4.69, 9.17) is 0 Å². The van der Waals surface area contributed by atoms with Gasteiger partial charge in [-0.05, 0) is 55.7 Å². The number of carbonyl (C=O) groups excluding carboxylic acids is 1. The molecule has 0 radical (unpaired) electrons. The van der Waals surface area contributed by atoms with Crippen LogP contribution in [-0.4, -0.2) is 18.8 Å². The highest BCUT2D eigenvalue weighted by Gasteiger charge is 2.34. The summed E-state index contributed by atoms with van der Waals surface area (Å²) in [7, 11) is 0. The van der Waals surface area contributed by atoms with E-state index >= 15 is 0 Å². The van der Waals surface area contributed by atoms with Crippen LogP contribution in [0, 0.1) is 13.8 Å². The first kappa shape index (κ1) is 26.4. The van der Waals surface area contributed by atoms with E-state index in [1.807, 2.05) is 0 Å². The van der Waals surface area contributed by atoms with Gasteiger partial charge in [-0.2, -0.15) is 26.3 Å². The van der Waals surface area contributed by atoms with Crippen molar-refractivity contribution in [1.29, 1.82) is 0 Å². The Labute approximate surface area is 173 Å². The number of allylic oxidation sites excluding steroid dienone is 5. The van der Waals surface area contributed by atoms with Gasteiger partial charge in [0.1, 0.15) is 5.83 Å². The van der Waals surface area contributed by atoms with Gasteiger partial charge in [-0.25, -0.2) is 8.78 Å². The number of hydrogen-bond acceptors (Lipinski definition) is 2. The number of benzene rings is 1. The van der Waals surface area contributed by atoms with Crippen molar-refractivity contribution < 1.29 is 44.7 Å². The van der Waals surface area contributed by atoms with Gasteiger partial charge in [0, 0.05) is 17.6 Å². The average molecular weight is 456 g/mol. The minimum atomic E-state index is -4.99. The highest BCUT2D eigenvalue weighted by atomic mass is 19.4. The fourth-order valence-corrected chi connectivity index (χ4v) is 2.75. The summed E-state index contributed by atoms with van der Waals surface area (Å²) >= 11 is 0. The first-order valence-corrected chi connectivity index (χ1v) is 8.96. The van der Waals surface area contributed by atoms with Gasteiger partial charge in [0.2, 0.25) is 0 Å². The Morgan fingerprint density at radius 2 is 1.55 bits per heavy atom. The third-order valence-corrected chi connectivity index (χ3v) is 4.14. The molecule has 0 atom stereocenters. The highest BCUT2D eigenvalue weighted by molar-refractivity contribution is 5.83. The van der Waals surface area contributed by atoms with Gasteiger partial charge >= 0.3 is 18.3 Å². The standard InChI is InChI=1S/C21H20F8O2/c1-5-31-17(30)7-6-16(22)19(23)15(10-13(4)20(24,25)26)18-11(2)8-14(9-12(18)3)21(27,28)29/h8-10H,4-7H2,1-3H3/b15-10-,19-16+. The SMILES string of the molecule is C=C(/C=C(\C(F)=C(/F)CCC(=O)OCC)c1c(C)cc(C(F)(F)F)cc1C)C(F)(F)F. The molecule has 0 aliphatic carbocycles. The summed E-state index contributed by atoms with van der Waals surface area (Å²) in [5.41, 5.74) is -4.33. The number of esters is 1. The summed E-state index contributed by atoms with van der Waals surface area (Å²) in [6.07, 6.45) is -10.9.